The Labute approximate surface area is 107 Å². The molecule has 0 atom stereocenters. The molecule has 0 bridgehead atoms. The zero-order valence-corrected chi connectivity index (χ0v) is 10.7. The first-order valence-corrected chi connectivity index (χ1v) is 6.37. The Hall–Kier alpha value is -1.33. The van der Waals surface area contributed by atoms with Gasteiger partial charge < -0.3 is 19.8 Å². The Kier molecular flexibility index (Phi) is 4.38. The summed E-state index contributed by atoms with van der Waals surface area (Å²) in [4.78, 5) is 14.0. The van der Waals surface area contributed by atoms with E-state index in [0.29, 0.717) is 18.7 Å². The number of ether oxygens (including phenoxy) is 1. The molecule has 0 aromatic carbocycles. The Morgan fingerprint density at radius 2 is 2.28 bits per heavy atom. The molecule has 1 aliphatic rings. The van der Waals surface area contributed by atoms with Crippen molar-refractivity contribution in [3.8, 4) is 0 Å². The van der Waals surface area contributed by atoms with E-state index in [9.17, 15) is 4.79 Å². The monoisotopic (exact) mass is 252 g/mol. The van der Waals surface area contributed by atoms with Crippen molar-refractivity contribution in [2.75, 3.05) is 26.2 Å². The van der Waals surface area contributed by atoms with E-state index in [0.717, 1.165) is 31.7 Å². The van der Waals surface area contributed by atoms with Gasteiger partial charge in [-0.05, 0) is 25.8 Å². The highest BCUT2D eigenvalue weighted by Crippen LogP contribution is 2.17. The van der Waals surface area contributed by atoms with Gasteiger partial charge in [0.15, 0.2) is 0 Å². The molecule has 1 aliphatic heterocycles. The van der Waals surface area contributed by atoms with Crippen molar-refractivity contribution >= 4 is 5.91 Å². The number of nitrogens with two attached hydrogens (primary N) is 1. The van der Waals surface area contributed by atoms with E-state index in [2.05, 4.69) is 0 Å². The van der Waals surface area contributed by atoms with Crippen LogP contribution in [-0.4, -0.2) is 43.2 Å². The fourth-order valence-electron chi connectivity index (χ4n) is 2.20. The molecule has 0 aliphatic carbocycles. The lowest BCUT2D eigenvalue weighted by Crippen LogP contribution is -2.41. The van der Waals surface area contributed by atoms with Gasteiger partial charge in [-0.1, -0.05) is 0 Å². The van der Waals surface area contributed by atoms with Gasteiger partial charge in [0.05, 0.1) is 18.3 Å². The number of amides is 1. The van der Waals surface area contributed by atoms with Crippen LogP contribution in [0.15, 0.2) is 16.7 Å². The van der Waals surface area contributed by atoms with Gasteiger partial charge in [0, 0.05) is 19.6 Å². The molecule has 0 spiro atoms. The van der Waals surface area contributed by atoms with E-state index in [1.165, 1.54) is 6.26 Å². The number of piperidine rings is 1. The minimum Gasteiger partial charge on any atom is -0.469 e. The third kappa shape index (κ3) is 3.11. The van der Waals surface area contributed by atoms with Crippen molar-refractivity contribution in [2.24, 2.45) is 5.73 Å². The molecule has 5 heteroatoms. The molecule has 2 N–H and O–H groups in total. The van der Waals surface area contributed by atoms with Crippen LogP contribution in [0.1, 0.15) is 29.0 Å². The molecule has 1 aromatic heterocycles. The summed E-state index contributed by atoms with van der Waals surface area (Å²) >= 11 is 0. The lowest BCUT2D eigenvalue weighted by atomic mass is 10.1. The maximum absolute atomic E-state index is 12.1. The van der Waals surface area contributed by atoms with Crippen LogP contribution in [0.3, 0.4) is 0 Å². The molecule has 1 aromatic rings. The average molecular weight is 252 g/mol. The van der Waals surface area contributed by atoms with Gasteiger partial charge in [-0.2, -0.15) is 0 Å². The van der Waals surface area contributed by atoms with Gasteiger partial charge in [0.2, 0.25) is 0 Å². The Bertz CT molecular complexity index is 395. The predicted molar refractivity (Wildman–Crippen MR) is 67.4 cm³/mol. The first-order valence-electron chi connectivity index (χ1n) is 6.37. The second-order valence-electron chi connectivity index (χ2n) is 4.60. The Morgan fingerprint density at radius 1 is 1.56 bits per heavy atom. The molecule has 100 valence electrons. The van der Waals surface area contributed by atoms with Crippen molar-refractivity contribution in [3.05, 3.63) is 23.7 Å². The Balaban J connectivity index is 1.84. The summed E-state index contributed by atoms with van der Waals surface area (Å²) in [6.45, 7) is 4.45. The smallest absolute Gasteiger partial charge is 0.257 e. The molecule has 5 nitrogen and oxygen atoms in total. The number of hydrogen-bond donors (Lipinski definition) is 1. The maximum Gasteiger partial charge on any atom is 0.257 e. The van der Waals surface area contributed by atoms with Crippen LogP contribution in [0.4, 0.5) is 0 Å². The second-order valence-corrected chi connectivity index (χ2v) is 4.60. The third-order valence-electron chi connectivity index (χ3n) is 3.18. The highest BCUT2D eigenvalue weighted by atomic mass is 16.5. The van der Waals surface area contributed by atoms with Crippen molar-refractivity contribution in [1.29, 1.82) is 0 Å². The molecule has 0 saturated carbocycles. The number of carbonyl (C=O) groups excluding carboxylic acids is 1. The molecule has 0 unspecified atom stereocenters. The minimum atomic E-state index is 0.0455. The maximum atomic E-state index is 12.1. The van der Waals surface area contributed by atoms with Gasteiger partial charge >= 0.3 is 0 Å². The molecule has 18 heavy (non-hydrogen) atoms. The van der Waals surface area contributed by atoms with E-state index in [1.54, 1.807) is 6.07 Å². The highest BCUT2D eigenvalue weighted by Gasteiger charge is 2.24. The number of carbonyl (C=O) groups is 1. The van der Waals surface area contributed by atoms with Crippen LogP contribution in [0.5, 0.6) is 0 Å². The fourth-order valence-corrected chi connectivity index (χ4v) is 2.20. The van der Waals surface area contributed by atoms with Crippen molar-refractivity contribution in [3.63, 3.8) is 0 Å². The Morgan fingerprint density at radius 3 is 2.83 bits per heavy atom. The molecule has 0 radical (unpaired) electrons. The van der Waals surface area contributed by atoms with Gasteiger partial charge in [-0.25, -0.2) is 0 Å². The van der Waals surface area contributed by atoms with Crippen LogP contribution in [-0.2, 0) is 4.74 Å². The van der Waals surface area contributed by atoms with Gasteiger partial charge in [-0.3, -0.25) is 4.79 Å². The van der Waals surface area contributed by atoms with Crippen molar-refractivity contribution in [2.45, 2.75) is 25.9 Å². The standard InChI is InChI=1S/C13H20N2O3/c1-10-8-11(9-18-10)13(16)15-5-2-12(3-6-15)17-7-4-14/h8-9,12H,2-7,14H2,1H3. The summed E-state index contributed by atoms with van der Waals surface area (Å²) in [6.07, 6.45) is 3.52. The summed E-state index contributed by atoms with van der Waals surface area (Å²) in [5.41, 5.74) is 6.03. The molecule has 1 fully saturated rings. The number of aryl methyl sites for hydroxylation is 1. The molecular formula is C13H20N2O3. The zero-order valence-electron chi connectivity index (χ0n) is 10.7. The number of hydrogen-bond acceptors (Lipinski definition) is 4. The van der Waals surface area contributed by atoms with Crippen molar-refractivity contribution < 1.29 is 13.9 Å². The van der Waals surface area contributed by atoms with Gasteiger partial charge in [0.25, 0.3) is 5.91 Å². The lowest BCUT2D eigenvalue weighted by molar-refractivity contribution is 0.0121. The van der Waals surface area contributed by atoms with Crippen LogP contribution in [0.2, 0.25) is 0 Å². The summed E-state index contributed by atoms with van der Waals surface area (Å²) in [7, 11) is 0. The van der Waals surface area contributed by atoms with E-state index in [4.69, 9.17) is 14.9 Å². The van der Waals surface area contributed by atoms with Crippen molar-refractivity contribution in [1.82, 2.24) is 4.90 Å². The largest absolute Gasteiger partial charge is 0.469 e. The average Bonchev–Trinajstić information content (AvgIpc) is 2.83. The number of furan rings is 1. The first-order chi connectivity index (χ1) is 8.70. The predicted octanol–water partition coefficient (Wildman–Crippen LogP) is 1.17. The number of likely N-dealkylation sites (tertiary alicyclic amines) is 1. The van der Waals surface area contributed by atoms with Crippen LogP contribution in [0, 0.1) is 6.92 Å². The van der Waals surface area contributed by atoms with E-state index in [1.807, 2.05) is 11.8 Å². The third-order valence-corrected chi connectivity index (χ3v) is 3.18. The zero-order chi connectivity index (χ0) is 13.0. The minimum absolute atomic E-state index is 0.0455. The lowest BCUT2D eigenvalue weighted by Gasteiger charge is -2.31. The highest BCUT2D eigenvalue weighted by molar-refractivity contribution is 5.94. The van der Waals surface area contributed by atoms with Crippen LogP contribution < -0.4 is 5.73 Å². The van der Waals surface area contributed by atoms with Crippen LogP contribution >= 0.6 is 0 Å². The quantitative estimate of drug-likeness (QED) is 0.873. The second kappa shape index (κ2) is 6.02. The number of nitrogens with zero attached hydrogens (tertiary/aromatic N) is 1. The van der Waals surface area contributed by atoms with Gasteiger partial charge in [0.1, 0.15) is 12.0 Å². The summed E-state index contributed by atoms with van der Waals surface area (Å²) in [6, 6.07) is 1.78. The SMILES string of the molecule is Cc1cc(C(=O)N2CCC(OCCN)CC2)co1. The summed E-state index contributed by atoms with van der Waals surface area (Å²) in [5.74, 6) is 0.809. The van der Waals surface area contributed by atoms with Crippen LogP contribution in [0.25, 0.3) is 0 Å². The summed E-state index contributed by atoms with van der Waals surface area (Å²) < 4.78 is 10.8. The topological polar surface area (TPSA) is 68.7 Å². The molecule has 1 saturated heterocycles. The number of rotatable bonds is 4. The molecular weight excluding hydrogens is 232 g/mol. The summed E-state index contributed by atoms with van der Waals surface area (Å²) in [5, 5.41) is 0. The van der Waals surface area contributed by atoms with E-state index in [-0.39, 0.29) is 12.0 Å². The molecule has 1 amide bonds. The normalized spacial score (nSPS) is 17.1. The van der Waals surface area contributed by atoms with Gasteiger partial charge in [-0.15, -0.1) is 0 Å². The van der Waals surface area contributed by atoms with E-state index >= 15 is 0 Å². The fraction of sp³-hybridized carbons (Fsp3) is 0.615. The first kappa shape index (κ1) is 13.1. The molecule has 2 rings (SSSR count). The van der Waals surface area contributed by atoms with E-state index < -0.39 is 0 Å². The molecule has 2 heterocycles.